The lowest BCUT2D eigenvalue weighted by Crippen LogP contribution is -2.57. The topological polar surface area (TPSA) is 21.3 Å². The smallest absolute Gasteiger partial charge is 0.123 e. The number of halogens is 2. The van der Waals surface area contributed by atoms with Crippen LogP contribution >= 0.6 is 23.2 Å². The van der Waals surface area contributed by atoms with Crippen LogP contribution in [0.2, 0.25) is 5.02 Å². The first-order valence-corrected chi connectivity index (χ1v) is 6.96. The van der Waals surface area contributed by atoms with Gasteiger partial charge in [-0.1, -0.05) is 25.4 Å². The van der Waals surface area contributed by atoms with Crippen molar-refractivity contribution in [3.8, 4) is 5.75 Å². The van der Waals surface area contributed by atoms with Crippen molar-refractivity contribution in [2.45, 2.75) is 38.2 Å². The Morgan fingerprint density at radius 1 is 1.44 bits per heavy atom. The summed E-state index contributed by atoms with van der Waals surface area (Å²) >= 11 is 12.2. The maximum atomic E-state index is 6.22. The average Bonchev–Trinajstić information content (AvgIpc) is 2.34. The van der Waals surface area contributed by atoms with Gasteiger partial charge in [-0.2, -0.15) is 0 Å². The molecular formula is C14H19Cl2NO. The van der Waals surface area contributed by atoms with Gasteiger partial charge >= 0.3 is 0 Å². The molecule has 0 amide bonds. The third-order valence-electron chi connectivity index (χ3n) is 3.93. The minimum Gasteiger partial charge on any atom is -0.496 e. The normalized spacial score (nSPS) is 25.6. The van der Waals surface area contributed by atoms with Crippen LogP contribution < -0.4 is 10.1 Å². The molecule has 2 unspecified atom stereocenters. The molecule has 1 fully saturated rings. The van der Waals surface area contributed by atoms with Crippen molar-refractivity contribution in [2.24, 2.45) is 5.41 Å². The number of hydrogen-bond acceptors (Lipinski definition) is 2. The van der Waals surface area contributed by atoms with Crippen LogP contribution in [0.3, 0.4) is 0 Å². The molecule has 2 rings (SSSR count). The predicted molar refractivity (Wildman–Crippen MR) is 76.7 cm³/mol. The highest BCUT2D eigenvalue weighted by Crippen LogP contribution is 2.44. The highest BCUT2D eigenvalue weighted by Gasteiger charge is 2.46. The SMILES string of the molecule is COc1ccc(Cl)cc1CNC1CC(Cl)C1(C)C. The zero-order chi connectivity index (χ0) is 13.3. The maximum Gasteiger partial charge on any atom is 0.123 e. The van der Waals surface area contributed by atoms with E-state index >= 15 is 0 Å². The van der Waals surface area contributed by atoms with Gasteiger partial charge in [0.05, 0.1) is 7.11 Å². The van der Waals surface area contributed by atoms with Gasteiger partial charge < -0.3 is 10.1 Å². The Balaban J connectivity index is 2.01. The summed E-state index contributed by atoms with van der Waals surface area (Å²) < 4.78 is 5.33. The minimum absolute atomic E-state index is 0.146. The van der Waals surface area contributed by atoms with Crippen molar-refractivity contribution >= 4 is 23.2 Å². The summed E-state index contributed by atoms with van der Waals surface area (Å²) in [6, 6.07) is 6.13. The van der Waals surface area contributed by atoms with Crippen molar-refractivity contribution in [3.05, 3.63) is 28.8 Å². The third kappa shape index (κ3) is 2.61. The first-order chi connectivity index (χ1) is 8.45. The molecule has 4 heteroatoms. The molecule has 1 aliphatic carbocycles. The minimum atomic E-state index is 0.146. The van der Waals surface area contributed by atoms with E-state index in [1.54, 1.807) is 7.11 Å². The van der Waals surface area contributed by atoms with Gasteiger partial charge in [0.2, 0.25) is 0 Å². The zero-order valence-corrected chi connectivity index (χ0v) is 12.5. The Bertz CT molecular complexity index is 434. The predicted octanol–water partition coefficient (Wildman–Crippen LogP) is 3.84. The van der Waals surface area contributed by atoms with Gasteiger partial charge in [0, 0.05) is 28.5 Å². The van der Waals surface area contributed by atoms with Crippen molar-refractivity contribution in [1.82, 2.24) is 5.32 Å². The number of benzene rings is 1. The lowest BCUT2D eigenvalue weighted by Gasteiger charge is -2.49. The number of rotatable bonds is 4. The van der Waals surface area contributed by atoms with Crippen molar-refractivity contribution in [3.63, 3.8) is 0 Å². The monoisotopic (exact) mass is 287 g/mol. The Morgan fingerprint density at radius 2 is 2.17 bits per heavy atom. The molecular weight excluding hydrogens is 269 g/mol. The van der Waals surface area contributed by atoms with Crippen LogP contribution in [0.4, 0.5) is 0 Å². The van der Waals surface area contributed by atoms with Crippen LogP contribution in [0.5, 0.6) is 5.75 Å². The number of nitrogens with one attached hydrogen (secondary N) is 1. The molecule has 18 heavy (non-hydrogen) atoms. The van der Waals surface area contributed by atoms with E-state index in [2.05, 4.69) is 19.2 Å². The van der Waals surface area contributed by atoms with E-state index in [1.807, 2.05) is 18.2 Å². The van der Waals surface area contributed by atoms with E-state index in [0.717, 1.165) is 29.3 Å². The molecule has 1 aromatic rings. The van der Waals surface area contributed by atoms with Crippen LogP contribution in [-0.4, -0.2) is 18.5 Å². The van der Waals surface area contributed by atoms with Crippen LogP contribution in [-0.2, 0) is 6.54 Å². The summed E-state index contributed by atoms with van der Waals surface area (Å²) in [5.41, 5.74) is 1.23. The van der Waals surface area contributed by atoms with Crippen LogP contribution in [0.1, 0.15) is 25.8 Å². The molecule has 0 aromatic heterocycles. The van der Waals surface area contributed by atoms with Crippen molar-refractivity contribution in [2.75, 3.05) is 7.11 Å². The molecule has 0 heterocycles. The van der Waals surface area contributed by atoms with Crippen molar-refractivity contribution < 1.29 is 4.74 Å². The quantitative estimate of drug-likeness (QED) is 0.850. The summed E-state index contributed by atoms with van der Waals surface area (Å²) in [5.74, 6) is 0.867. The van der Waals surface area contributed by atoms with E-state index in [1.165, 1.54) is 0 Å². The molecule has 1 aromatic carbocycles. The van der Waals surface area contributed by atoms with Crippen molar-refractivity contribution in [1.29, 1.82) is 0 Å². The Morgan fingerprint density at radius 3 is 2.72 bits per heavy atom. The first kappa shape index (κ1) is 14.0. The van der Waals surface area contributed by atoms with E-state index in [0.29, 0.717) is 6.04 Å². The molecule has 0 radical (unpaired) electrons. The van der Waals surface area contributed by atoms with Crippen LogP contribution in [0, 0.1) is 5.41 Å². The summed E-state index contributed by atoms with van der Waals surface area (Å²) in [4.78, 5) is 0. The fraction of sp³-hybridized carbons (Fsp3) is 0.571. The fourth-order valence-corrected chi connectivity index (χ4v) is 2.86. The van der Waals surface area contributed by atoms with Crippen LogP contribution in [0.15, 0.2) is 18.2 Å². The van der Waals surface area contributed by atoms with Gasteiger partial charge in [-0.05, 0) is 30.0 Å². The summed E-state index contributed by atoms with van der Waals surface area (Å²) in [5, 5.41) is 4.53. The second-order valence-corrected chi connectivity index (χ2v) is 6.38. The van der Waals surface area contributed by atoms with E-state index in [-0.39, 0.29) is 10.8 Å². The second kappa shape index (κ2) is 5.28. The van der Waals surface area contributed by atoms with Gasteiger partial charge in [-0.25, -0.2) is 0 Å². The Labute approximate surface area is 119 Å². The Kier molecular flexibility index (Phi) is 4.10. The molecule has 2 atom stereocenters. The van der Waals surface area contributed by atoms with E-state index < -0.39 is 0 Å². The van der Waals surface area contributed by atoms with Gasteiger partial charge in [-0.15, -0.1) is 11.6 Å². The maximum absolute atomic E-state index is 6.22. The molecule has 0 saturated heterocycles. The average molecular weight is 288 g/mol. The lowest BCUT2D eigenvalue weighted by molar-refractivity contribution is 0.115. The van der Waals surface area contributed by atoms with Gasteiger partial charge in [0.25, 0.3) is 0 Å². The largest absolute Gasteiger partial charge is 0.496 e. The summed E-state index contributed by atoms with van der Waals surface area (Å²) in [7, 11) is 1.68. The standard InChI is InChI=1S/C14H19Cl2NO/c1-14(2)12(16)7-13(14)17-8-9-6-10(15)4-5-11(9)18-3/h4-6,12-13,17H,7-8H2,1-3H3. The first-order valence-electron chi connectivity index (χ1n) is 6.15. The van der Waals surface area contributed by atoms with E-state index in [9.17, 15) is 0 Å². The second-order valence-electron chi connectivity index (χ2n) is 5.41. The highest BCUT2D eigenvalue weighted by molar-refractivity contribution is 6.30. The molecule has 1 N–H and O–H groups in total. The van der Waals surface area contributed by atoms with Crippen LogP contribution in [0.25, 0.3) is 0 Å². The molecule has 2 nitrogen and oxygen atoms in total. The highest BCUT2D eigenvalue weighted by atomic mass is 35.5. The van der Waals surface area contributed by atoms with Gasteiger partial charge in [0.1, 0.15) is 5.75 Å². The van der Waals surface area contributed by atoms with Gasteiger partial charge in [-0.3, -0.25) is 0 Å². The molecule has 0 spiro atoms. The third-order valence-corrected chi connectivity index (χ3v) is 4.91. The molecule has 0 bridgehead atoms. The number of hydrogen-bond donors (Lipinski definition) is 1. The number of methoxy groups -OCH3 is 1. The zero-order valence-electron chi connectivity index (χ0n) is 11.0. The molecule has 100 valence electrons. The lowest BCUT2D eigenvalue weighted by atomic mass is 9.67. The molecule has 0 aliphatic heterocycles. The molecule has 1 aliphatic rings. The number of ether oxygens (including phenoxy) is 1. The van der Waals surface area contributed by atoms with E-state index in [4.69, 9.17) is 27.9 Å². The number of alkyl halides is 1. The molecule has 1 saturated carbocycles. The summed E-state index contributed by atoms with van der Waals surface area (Å²) in [6.45, 7) is 5.14. The fourth-order valence-electron chi connectivity index (χ4n) is 2.34. The van der Waals surface area contributed by atoms with Gasteiger partial charge in [0.15, 0.2) is 0 Å². The summed E-state index contributed by atoms with van der Waals surface area (Å²) in [6.07, 6.45) is 1.01. The Hall–Kier alpha value is -0.440.